The van der Waals surface area contributed by atoms with E-state index >= 15 is 0 Å². The Bertz CT molecular complexity index is 74.6. The van der Waals surface area contributed by atoms with Crippen LogP contribution in [0.1, 0.15) is 19.8 Å². The van der Waals surface area contributed by atoms with E-state index in [9.17, 15) is 4.39 Å². The Morgan fingerprint density at radius 1 is 1.50 bits per heavy atom. The summed E-state index contributed by atoms with van der Waals surface area (Å²) in [4.78, 5) is 0. The first-order valence-corrected chi connectivity index (χ1v) is 3.11. The third-order valence-electron chi connectivity index (χ3n) is 2.02. The molecule has 3 unspecified atom stereocenters. The van der Waals surface area contributed by atoms with Crippen LogP contribution in [0, 0.1) is 5.92 Å². The zero-order valence-electron chi connectivity index (χ0n) is 5.10. The van der Waals surface area contributed by atoms with Crippen LogP contribution in [0.25, 0.3) is 0 Å². The van der Waals surface area contributed by atoms with Gasteiger partial charge in [-0.25, -0.2) is 4.39 Å². The highest BCUT2D eigenvalue weighted by atomic mass is 19.1. The summed E-state index contributed by atoms with van der Waals surface area (Å²) in [5, 5.41) is 0. The van der Waals surface area contributed by atoms with E-state index in [0.29, 0.717) is 6.42 Å². The van der Waals surface area contributed by atoms with Crippen molar-refractivity contribution in [3.05, 3.63) is 0 Å². The molecule has 1 aliphatic rings. The first-order valence-electron chi connectivity index (χ1n) is 3.11. The van der Waals surface area contributed by atoms with Crippen LogP contribution in [0.3, 0.4) is 0 Å². The molecule has 0 saturated heterocycles. The van der Waals surface area contributed by atoms with Crippen LogP contribution >= 0.6 is 0 Å². The lowest BCUT2D eigenvalue weighted by atomic mass is 10.1. The van der Waals surface area contributed by atoms with Crippen LogP contribution in [0.15, 0.2) is 0 Å². The highest BCUT2D eigenvalue weighted by Gasteiger charge is 2.29. The van der Waals surface area contributed by atoms with Crippen molar-refractivity contribution in [2.24, 2.45) is 11.7 Å². The molecular weight excluding hydrogens is 105 g/mol. The van der Waals surface area contributed by atoms with Gasteiger partial charge in [-0.1, -0.05) is 6.92 Å². The summed E-state index contributed by atoms with van der Waals surface area (Å²) < 4.78 is 12.5. The molecule has 1 saturated carbocycles. The van der Waals surface area contributed by atoms with Crippen LogP contribution in [0.4, 0.5) is 4.39 Å². The van der Waals surface area contributed by atoms with E-state index < -0.39 is 6.17 Å². The fourth-order valence-electron chi connectivity index (χ4n) is 1.15. The molecule has 2 heteroatoms. The van der Waals surface area contributed by atoms with Gasteiger partial charge in [0.05, 0.1) is 0 Å². The maximum atomic E-state index is 12.5. The van der Waals surface area contributed by atoms with Gasteiger partial charge >= 0.3 is 0 Å². The number of rotatable bonds is 0. The molecule has 0 aromatic heterocycles. The van der Waals surface area contributed by atoms with Crippen LogP contribution in [-0.2, 0) is 0 Å². The molecule has 0 radical (unpaired) electrons. The molecule has 1 fully saturated rings. The number of hydrogen-bond acceptors (Lipinski definition) is 1. The van der Waals surface area contributed by atoms with E-state index in [4.69, 9.17) is 5.73 Å². The molecule has 3 atom stereocenters. The Morgan fingerprint density at radius 2 is 2.12 bits per heavy atom. The highest BCUT2D eigenvalue weighted by Crippen LogP contribution is 2.26. The van der Waals surface area contributed by atoms with Crippen LogP contribution in [0.5, 0.6) is 0 Å². The minimum atomic E-state index is -0.634. The third-order valence-corrected chi connectivity index (χ3v) is 2.02. The van der Waals surface area contributed by atoms with Crippen LogP contribution in [0.2, 0.25) is 0 Å². The molecule has 48 valence electrons. The van der Waals surface area contributed by atoms with Crippen molar-refractivity contribution in [1.29, 1.82) is 0 Å². The Morgan fingerprint density at radius 3 is 2.25 bits per heavy atom. The number of nitrogens with two attached hydrogens (primary N) is 1. The van der Waals surface area contributed by atoms with Crippen LogP contribution < -0.4 is 5.73 Å². The van der Waals surface area contributed by atoms with Gasteiger partial charge in [-0.3, -0.25) is 0 Å². The van der Waals surface area contributed by atoms with Crippen molar-refractivity contribution in [1.82, 2.24) is 0 Å². The fraction of sp³-hybridized carbons (Fsp3) is 1.00. The normalized spacial score (nSPS) is 47.6. The summed E-state index contributed by atoms with van der Waals surface area (Å²) in [6.07, 6.45) is 0.898. The standard InChI is InChI=1S/C6H12FN/c1-4-5(7)2-3-6(4)8/h4-6H,2-3,8H2,1H3. The quantitative estimate of drug-likeness (QED) is 0.505. The minimum Gasteiger partial charge on any atom is -0.327 e. The predicted octanol–water partition coefficient (Wildman–Crippen LogP) is 1.08. The number of alkyl halides is 1. The molecule has 1 aliphatic carbocycles. The number of hydrogen-bond donors (Lipinski definition) is 1. The van der Waals surface area contributed by atoms with Crippen molar-refractivity contribution >= 4 is 0 Å². The maximum absolute atomic E-state index is 12.5. The van der Waals surface area contributed by atoms with Gasteiger partial charge in [0, 0.05) is 12.0 Å². The first-order chi connectivity index (χ1) is 3.72. The van der Waals surface area contributed by atoms with E-state index in [1.807, 2.05) is 6.92 Å². The molecule has 0 aromatic carbocycles. The summed E-state index contributed by atoms with van der Waals surface area (Å²) in [7, 11) is 0. The van der Waals surface area contributed by atoms with Crippen LogP contribution in [-0.4, -0.2) is 12.2 Å². The summed E-state index contributed by atoms with van der Waals surface area (Å²) in [6, 6.07) is 0.116. The molecule has 0 spiro atoms. The highest BCUT2D eigenvalue weighted by molar-refractivity contribution is 4.83. The van der Waals surface area contributed by atoms with E-state index in [2.05, 4.69) is 0 Å². The Labute approximate surface area is 49.1 Å². The van der Waals surface area contributed by atoms with E-state index in [-0.39, 0.29) is 12.0 Å². The van der Waals surface area contributed by atoms with Gasteiger partial charge in [-0.05, 0) is 12.8 Å². The topological polar surface area (TPSA) is 26.0 Å². The molecule has 0 heterocycles. The van der Waals surface area contributed by atoms with Crippen molar-refractivity contribution in [3.8, 4) is 0 Å². The summed E-state index contributed by atoms with van der Waals surface area (Å²) >= 11 is 0. The molecule has 1 nitrogen and oxygen atoms in total. The first kappa shape index (κ1) is 6.02. The van der Waals surface area contributed by atoms with Gasteiger partial charge in [0.15, 0.2) is 0 Å². The Kier molecular flexibility index (Phi) is 1.52. The van der Waals surface area contributed by atoms with Crippen molar-refractivity contribution in [2.75, 3.05) is 0 Å². The Balaban J connectivity index is 2.44. The third kappa shape index (κ3) is 0.848. The molecule has 0 bridgehead atoms. The van der Waals surface area contributed by atoms with Gasteiger partial charge in [0.2, 0.25) is 0 Å². The average molecular weight is 117 g/mol. The molecule has 0 aromatic rings. The SMILES string of the molecule is CC1C(N)CCC1F. The predicted molar refractivity (Wildman–Crippen MR) is 31.3 cm³/mol. The zero-order chi connectivity index (χ0) is 6.15. The van der Waals surface area contributed by atoms with Crippen molar-refractivity contribution < 1.29 is 4.39 Å². The summed E-state index contributed by atoms with van der Waals surface area (Å²) in [5.41, 5.74) is 5.53. The molecular formula is C6H12FN. The van der Waals surface area contributed by atoms with Gasteiger partial charge in [0.1, 0.15) is 6.17 Å². The lowest BCUT2D eigenvalue weighted by Gasteiger charge is -2.08. The van der Waals surface area contributed by atoms with Gasteiger partial charge in [-0.15, -0.1) is 0 Å². The average Bonchev–Trinajstić information content (AvgIpc) is 1.98. The fourth-order valence-corrected chi connectivity index (χ4v) is 1.15. The summed E-state index contributed by atoms with van der Waals surface area (Å²) in [5.74, 6) is 0.0926. The second-order valence-corrected chi connectivity index (χ2v) is 2.62. The summed E-state index contributed by atoms with van der Waals surface area (Å²) in [6.45, 7) is 1.88. The van der Waals surface area contributed by atoms with Gasteiger partial charge in [-0.2, -0.15) is 0 Å². The van der Waals surface area contributed by atoms with Crippen molar-refractivity contribution in [3.63, 3.8) is 0 Å². The lowest BCUT2D eigenvalue weighted by Crippen LogP contribution is -2.25. The second-order valence-electron chi connectivity index (χ2n) is 2.62. The minimum absolute atomic E-state index is 0.0926. The van der Waals surface area contributed by atoms with E-state index in [1.54, 1.807) is 0 Å². The maximum Gasteiger partial charge on any atom is 0.104 e. The largest absolute Gasteiger partial charge is 0.327 e. The molecule has 0 aliphatic heterocycles. The van der Waals surface area contributed by atoms with E-state index in [0.717, 1.165) is 6.42 Å². The van der Waals surface area contributed by atoms with Gasteiger partial charge < -0.3 is 5.73 Å². The zero-order valence-corrected chi connectivity index (χ0v) is 5.10. The lowest BCUT2D eigenvalue weighted by molar-refractivity contribution is 0.268. The smallest absolute Gasteiger partial charge is 0.104 e. The van der Waals surface area contributed by atoms with Crippen molar-refractivity contribution in [2.45, 2.75) is 32.0 Å². The molecule has 1 rings (SSSR count). The van der Waals surface area contributed by atoms with Gasteiger partial charge in [0.25, 0.3) is 0 Å². The second kappa shape index (κ2) is 2.02. The molecule has 8 heavy (non-hydrogen) atoms. The Hall–Kier alpha value is -0.110. The van der Waals surface area contributed by atoms with E-state index in [1.165, 1.54) is 0 Å². The number of halogens is 1. The molecule has 0 amide bonds. The molecule has 2 N–H and O–H groups in total. The monoisotopic (exact) mass is 117 g/mol.